The Morgan fingerprint density at radius 1 is 1.39 bits per heavy atom. The van der Waals surface area contributed by atoms with Gasteiger partial charge in [-0.3, -0.25) is 0 Å². The summed E-state index contributed by atoms with van der Waals surface area (Å²) in [6.45, 7) is 2.23. The molecule has 0 aliphatic rings. The highest BCUT2D eigenvalue weighted by atomic mass is 79.9. The molecule has 0 aliphatic carbocycles. The van der Waals surface area contributed by atoms with E-state index in [1.54, 1.807) is 0 Å². The first-order valence-corrected chi connectivity index (χ1v) is 6.28. The smallest absolute Gasteiger partial charge is 0.192 e. The van der Waals surface area contributed by atoms with Crippen molar-refractivity contribution in [1.82, 2.24) is 15.0 Å². The second kappa shape index (κ2) is 4.22. The summed E-state index contributed by atoms with van der Waals surface area (Å²) >= 11 is 3.32. The summed E-state index contributed by atoms with van der Waals surface area (Å²) < 4.78 is 6.19. The van der Waals surface area contributed by atoms with Gasteiger partial charge in [-0.05, 0) is 28.1 Å². The minimum Gasteiger partial charge on any atom is -0.441 e. The van der Waals surface area contributed by atoms with Gasteiger partial charge in [-0.2, -0.15) is 0 Å². The first kappa shape index (κ1) is 11.4. The van der Waals surface area contributed by atoms with E-state index in [1.165, 1.54) is 0 Å². The summed E-state index contributed by atoms with van der Waals surface area (Å²) in [7, 11) is 0. The number of nitrogens with two attached hydrogens (primary N) is 1. The maximum absolute atomic E-state index is 5.69. The van der Waals surface area contributed by atoms with Crippen LogP contribution in [0.3, 0.4) is 0 Å². The molecule has 0 spiro atoms. The second-order valence-corrected chi connectivity index (χ2v) is 4.73. The van der Waals surface area contributed by atoms with Crippen LogP contribution in [0.15, 0.2) is 27.3 Å². The van der Waals surface area contributed by atoms with Crippen LogP contribution in [0.4, 0.5) is 0 Å². The SMILES string of the molecule is Cc1nc2ccc(-c3nc(Br)[nH]c3CN)cc2o1. The van der Waals surface area contributed by atoms with Gasteiger partial charge in [0.2, 0.25) is 0 Å². The quantitative estimate of drug-likeness (QED) is 0.763. The van der Waals surface area contributed by atoms with Crippen molar-refractivity contribution in [3.63, 3.8) is 0 Å². The Morgan fingerprint density at radius 3 is 3.00 bits per heavy atom. The van der Waals surface area contributed by atoms with E-state index in [-0.39, 0.29) is 0 Å². The number of hydrogen-bond acceptors (Lipinski definition) is 4. The first-order valence-electron chi connectivity index (χ1n) is 5.49. The van der Waals surface area contributed by atoms with Crippen molar-refractivity contribution in [1.29, 1.82) is 0 Å². The molecule has 0 bridgehead atoms. The third-order valence-electron chi connectivity index (χ3n) is 2.72. The van der Waals surface area contributed by atoms with E-state index in [4.69, 9.17) is 10.2 Å². The first-order chi connectivity index (χ1) is 8.67. The number of imidazole rings is 1. The van der Waals surface area contributed by atoms with E-state index >= 15 is 0 Å². The zero-order valence-corrected chi connectivity index (χ0v) is 11.3. The van der Waals surface area contributed by atoms with E-state index in [0.717, 1.165) is 28.1 Å². The summed E-state index contributed by atoms with van der Waals surface area (Å²) in [5.41, 5.74) is 9.97. The number of aryl methyl sites for hydroxylation is 1. The minimum atomic E-state index is 0.404. The van der Waals surface area contributed by atoms with Gasteiger partial charge in [-0.1, -0.05) is 6.07 Å². The van der Waals surface area contributed by atoms with Crippen LogP contribution < -0.4 is 5.73 Å². The Balaban J connectivity index is 2.18. The Labute approximate surface area is 112 Å². The molecule has 92 valence electrons. The van der Waals surface area contributed by atoms with Gasteiger partial charge in [0.25, 0.3) is 0 Å². The molecule has 3 N–H and O–H groups in total. The van der Waals surface area contributed by atoms with Gasteiger partial charge in [0, 0.05) is 19.0 Å². The molecular weight excluding hydrogens is 296 g/mol. The van der Waals surface area contributed by atoms with Crippen LogP contribution in [-0.4, -0.2) is 15.0 Å². The number of aromatic amines is 1. The third-order valence-corrected chi connectivity index (χ3v) is 3.10. The van der Waals surface area contributed by atoms with Crippen molar-refractivity contribution in [2.75, 3.05) is 0 Å². The second-order valence-electron chi connectivity index (χ2n) is 3.97. The fourth-order valence-corrected chi connectivity index (χ4v) is 2.37. The molecular formula is C12H11BrN4O. The number of rotatable bonds is 2. The maximum atomic E-state index is 5.69. The molecule has 0 unspecified atom stereocenters. The highest BCUT2D eigenvalue weighted by Crippen LogP contribution is 2.27. The molecule has 0 atom stereocenters. The molecule has 1 aromatic carbocycles. The van der Waals surface area contributed by atoms with Gasteiger partial charge in [-0.15, -0.1) is 0 Å². The molecule has 0 radical (unpaired) electrons. The monoisotopic (exact) mass is 306 g/mol. The van der Waals surface area contributed by atoms with Crippen molar-refractivity contribution >= 4 is 27.0 Å². The lowest BCUT2D eigenvalue weighted by atomic mass is 10.1. The van der Waals surface area contributed by atoms with Gasteiger partial charge in [0.15, 0.2) is 16.2 Å². The molecule has 2 heterocycles. The predicted octanol–water partition coefficient (Wildman–Crippen LogP) is 2.75. The van der Waals surface area contributed by atoms with Crippen LogP contribution >= 0.6 is 15.9 Å². The van der Waals surface area contributed by atoms with E-state index in [1.807, 2.05) is 25.1 Å². The van der Waals surface area contributed by atoms with E-state index in [2.05, 4.69) is 30.9 Å². The van der Waals surface area contributed by atoms with Crippen LogP contribution in [0.25, 0.3) is 22.4 Å². The number of halogens is 1. The maximum Gasteiger partial charge on any atom is 0.192 e. The van der Waals surface area contributed by atoms with Gasteiger partial charge < -0.3 is 15.1 Å². The van der Waals surface area contributed by atoms with Crippen molar-refractivity contribution in [2.24, 2.45) is 5.73 Å². The number of aromatic nitrogens is 3. The van der Waals surface area contributed by atoms with Gasteiger partial charge in [0.1, 0.15) is 5.52 Å². The fraction of sp³-hybridized carbons (Fsp3) is 0.167. The van der Waals surface area contributed by atoms with Gasteiger partial charge in [0.05, 0.1) is 11.4 Å². The Morgan fingerprint density at radius 2 is 2.22 bits per heavy atom. The van der Waals surface area contributed by atoms with Crippen molar-refractivity contribution < 1.29 is 4.42 Å². The molecule has 2 aromatic heterocycles. The van der Waals surface area contributed by atoms with E-state index < -0.39 is 0 Å². The van der Waals surface area contributed by atoms with Crippen LogP contribution in [0.5, 0.6) is 0 Å². The largest absolute Gasteiger partial charge is 0.441 e. The molecule has 0 saturated carbocycles. The van der Waals surface area contributed by atoms with E-state index in [0.29, 0.717) is 17.2 Å². The average molecular weight is 307 g/mol. The molecule has 0 saturated heterocycles. The number of benzene rings is 1. The van der Waals surface area contributed by atoms with Gasteiger partial charge in [-0.25, -0.2) is 9.97 Å². The predicted molar refractivity (Wildman–Crippen MR) is 71.9 cm³/mol. The third kappa shape index (κ3) is 1.83. The lowest BCUT2D eigenvalue weighted by molar-refractivity contribution is 0.561. The average Bonchev–Trinajstić information content (AvgIpc) is 2.89. The van der Waals surface area contributed by atoms with Crippen molar-refractivity contribution in [2.45, 2.75) is 13.5 Å². The highest BCUT2D eigenvalue weighted by Gasteiger charge is 2.12. The van der Waals surface area contributed by atoms with Crippen LogP contribution in [0.2, 0.25) is 0 Å². The van der Waals surface area contributed by atoms with E-state index in [9.17, 15) is 0 Å². The minimum absolute atomic E-state index is 0.404. The molecule has 0 amide bonds. The summed E-state index contributed by atoms with van der Waals surface area (Å²) in [5.74, 6) is 0.657. The molecule has 3 aromatic rings. The number of nitrogens with one attached hydrogen (secondary N) is 1. The molecule has 0 aliphatic heterocycles. The number of oxazole rings is 1. The zero-order chi connectivity index (χ0) is 12.7. The Hall–Kier alpha value is -1.66. The highest BCUT2D eigenvalue weighted by molar-refractivity contribution is 9.10. The normalized spacial score (nSPS) is 11.3. The van der Waals surface area contributed by atoms with Crippen molar-refractivity contribution in [3.05, 3.63) is 34.5 Å². The molecule has 18 heavy (non-hydrogen) atoms. The number of fused-ring (bicyclic) bond motifs is 1. The molecule has 5 nitrogen and oxygen atoms in total. The summed E-state index contributed by atoms with van der Waals surface area (Å²) in [6, 6.07) is 5.81. The number of H-pyrrole nitrogens is 1. The summed E-state index contributed by atoms with van der Waals surface area (Å²) in [6.07, 6.45) is 0. The van der Waals surface area contributed by atoms with Crippen LogP contribution in [0, 0.1) is 6.92 Å². The molecule has 6 heteroatoms. The standard InChI is InChI=1S/C12H11BrN4O/c1-6-15-8-3-2-7(4-10(8)18-6)11-9(5-14)16-12(13)17-11/h2-4H,5,14H2,1H3,(H,16,17). The van der Waals surface area contributed by atoms with Gasteiger partial charge >= 0.3 is 0 Å². The zero-order valence-electron chi connectivity index (χ0n) is 9.70. The Kier molecular flexibility index (Phi) is 2.68. The lowest BCUT2D eigenvalue weighted by Gasteiger charge is -1.99. The molecule has 0 fully saturated rings. The topological polar surface area (TPSA) is 80.7 Å². The van der Waals surface area contributed by atoms with Crippen LogP contribution in [0.1, 0.15) is 11.6 Å². The summed E-state index contributed by atoms with van der Waals surface area (Å²) in [4.78, 5) is 11.7. The fourth-order valence-electron chi connectivity index (χ4n) is 1.95. The van der Waals surface area contributed by atoms with Crippen LogP contribution in [-0.2, 0) is 6.54 Å². The van der Waals surface area contributed by atoms with Crippen molar-refractivity contribution in [3.8, 4) is 11.3 Å². The number of hydrogen-bond donors (Lipinski definition) is 2. The Bertz CT molecular complexity index is 716. The number of nitrogens with zero attached hydrogens (tertiary/aromatic N) is 2. The summed E-state index contributed by atoms with van der Waals surface area (Å²) in [5, 5.41) is 0. The lowest BCUT2D eigenvalue weighted by Crippen LogP contribution is -1.98. The molecule has 3 rings (SSSR count).